The van der Waals surface area contributed by atoms with Crippen LogP contribution in [0.15, 0.2) is 176 Å². The first-order valence-electron chi connectivity index (χ1n) is 21.1. The van der Waals surface area contributed by atoms with Gasteiger partial charge in [-0.3, -0.25) is 9.55 Å². The van der Waals surface area contributed by atoms with Crippen molar-refractivity contribution in [2.24, 2.45) is 0 Å². The summed E-state index contributed by atoms with van der Waals surface area (Å²) in [7, 11) is 0. The zero-order valence-electron chi connectivity index (χ0n) is 35.6. The van der Waals surface area contributed by atoms with Gasteiger partial charge in [0.25, 0.3) is 0 Å². The Balaban J connectivity index is 1.05. The molecule has 4 heterocycles. The van der Waals surface area contributed by atoms with Crippen molar-refractivity contribution in [1.82, 2.24) is 14.5 Å². The summed E-state index contributed by atoms with van der Waals surface area (Å²) >= 11 is 0. The fourth-order valence-corrected chi connectivity index (χ4v) is 8.67. The predicted octanol–water partition coefficient (Wildman–Crippen LogP) is 14.5. The molecule has 6 heteroatoms. The van der Waals surface area contributed by atoms with Crippen LogP contribution in [0.25, 0.3) is 49.9 Å². The maximum absolute atomic E-state index is 6.76. The number of aromatic nitrogens is 3. The van der Waals surface area contributed by atoms with Crippen LogP contribution < -0.4 is 14.5 Å². The van der Waals surface area contributed by atoms with Gasteiger partial charge in [0.2, 0.25) is 0 Å². The SMILES string of the molecule is CC(C)(C)c1ccnc(-n2c3ccccc3c3ccc(Oc4cccc(N5CN(c6c(-c7ccccc7)cc(C(C)(C)C)cc6-c6ccccc6)c6cnccc65)c4)cc32)c1. The number of anilines is 4. The quantitative estimate of drug-likeness (QED) is 0.161. The Morgan fingerprint density at radius 1 is 0.508 bits per heavy atom. The van der Waals surface area contributed by atoms with E-state index in [0.717, 1.165) is 56.5 Å². The average molecular weight is 796 g/mol. The second kappa shape index (κ2) is 14.8. The lowest BCUT2D eigenvalue weighted by Gasteiger charge is -2.30. The number of pyridine rings is 2. The lowest BCUT2D eigenvalue weighted by Crippen LogP contribution is -2.25. The van der Waals surface area contributed by atoms with Gasteiger partial charge >= 0.3 is 0 Å². The van der Waals surface area contributed by atoms with Crippen LogP contribution in [0.3, 0.4) is 0 Å². The largest absolute Gasteiger partial charge is 0.457 e. The highest BCUT2D eigenvalue weighted by Crippen LogP contribution is 2.51. The molecule has 6 nitrogen and oxygen atoms in total. The van der Waals surface area contributed by atoms with Gasteiger partial charge in [-0.1, -0.05) is 126 Å². The van der Waals surface area contributed by atoms with E-state index in [2.05, 4.69) is 213 Å². The second-order valence-corrected chi connectivity index (χ2v) is 18.0. The molecular formula is C55H49N5O. The molecule has 0 aliphatic carbocycles. The Bertz CT molecular complexity index is 3000. The molecule has 6 aromatic carbocycles. The van der Waals surface area contributed by atoms with E-state index in [0.29, 0.717) is 6.67 Å². The molecule has 0 amide bonds. The lowest BCUT2D eigenvalue weighted by molar-refractivity contribution is 0.483. The van der Waals surface area contributed by atoms with E-state index < -0.39 is 0 Å². The normalized spacial score (nSPS) is 13.0. The molecule has 0 spiro atoms. The van der Waals surface area contributed by atoms with Gasteiger partial charge in [0.1, 0.15) is 24.0 Å². The third-order valence-electron chi connectivity index (χ3n) is 11.9. The molecule has 3 aromatic heterocycles. The molecule has 0 atom stereocenters. The predicted molar refractivity (Wildman–Crippen MR) is 253 cm³/mol. The number of rotatable bonds is 7. The minimum Gasteiger partial charge on any atom is -0.457 e. The molecule has 0 fully saturated rings. The zero-order valence-corrected chi connectivity index (χ0v) is 35.6. The van der Waals surface area contributed by atoms with E-state index in [1.165, 1.54) is 38.8 Å². The Morgan fingerprint density at radius 2 is 1.16 bits per heavy atom. The molecule has 300 valence electrons. The van der Waals surface area contributed by atoms with Crippen LogP contribution in [-0.2, 0) is 10.8 Å². The van der Waals surface area contributed by atoms with Crippen molar-refractivity contribution in [3.05, 3.63) is 187 Å². The first-order chi connectivity index (χ1) is 29.5. The van der Waals surface area contributed by atoms with Crippen LogP contribution in [0.5, 0.6) is 11.5 Å². The summed E-state index contributed by atoms with van der Waals surface area (Å²) in [5, 5.41) is 2.34. The van der Waals surface area contributed by atoms with E-state index >= 15 is 0 Å². The molecule has 61 heavy (non-hydrogen) atoms. The zero-order chi connectivity index (χ0) is 41.9. The van der Waals surface area contributed by atoms with E-state index in [9.17, 15) is 0 Å². The fourth-order valence-electron chi connectivity index (χ4n) is 8.67. The molecule has 9 aromatic rings. The van der Waals surface area contributed by atoms with Crippen molar-refractivity contribution in [1.29, 1.82) is 0 Å². The summed E-state index contributed by atoms with van der Waals surface area (Å²) in [5.41, 5.74) is 13.7. The number of para-hydroxylation sites is 1. The van der Waals surface area contributed by atoms with E-state index in [1.54, 1.807) is 0 Å². The smallest absolute Gasteiger partial charge is 0.137 e. The molecule has 1 aliphatic rings. The van der Waals surface area contributed by atoms with E-state index in [4.69, 9.17) is 9.72 Å². The average Bonchev–Trinajstić information content (AvgIpc) is 3.82. The van der Waals surface area contributed by atoms with Gasteiger partial charge in [-0.2, -0.15) is 0 Å². The van der Waals surface area contributed by atoms with Crippen LogP contribution in [0.1, 0.15) is 52.7 Å². The molecule has 0 unspecified atom stereocenters. The summed E-state index contributed by atoms with van der Waals surface area (Å²) in [4.78, 5) is 14.4. The summed E-state index contributed by atoms with van der Waals surface area (Å²) in [6, 6.07) is 56.1. The molecule has 0 saturated carbocycles. The third kappa shape index (κ3) is 6.98. The number of benzene rings is 6. The number of nitrogens with zero attached hydrogens (tertiary/aromatic N) is 5. The molecule has 0 bridgehead atoms. The van der Waals surface area contributed by atoms with Gasteiger partial charge in [0, 0.05) is 52.1 Å². The van der Waals surface area contributed by atoms with Crippen molar-refractivity contribution < 1.29 is 4.74 Å². The molecule has 0 saturated heterocycles. The van der Waals surface area contributed by atoms with Crippen molar-refractivity contribution in [2.75, 3.05) is 16.5 Å². The maximum Gasteiger partial charge on any atom is 0.137 e. The number of hydrogen-bond acceptors (Lipinski definition) is 5. The highest BCUT2D eigenvalue weighted by atomic mass is 16.5. The minimum absolute atomic E-state index is 0.00954. The molecule has 1 aliphatic heterocycles. The minimum atomic E-state index is -0.0577. The Labute approximate surface area is 358 Å². The summed E-state index contributed by atoms with van der Waals surface area (Å²) in [6.45, 7) is 14.2. The molecule has 0 N–H and O–H groups in total. The first-order valence-corrected chi connectivity index (χ1v) is 21.1. The lowest BCUT2D eigenvalue weighted by atomic mass is 9.82. The summed E-state index contributed by atoms with van der Waals surface area (Å²) < 4.78 is 9.02. The highest BCUT2D eigenvalue weighted by Gasteiger charge is 2.33. The van der Waals surface area contributed by atoms with Gasteiger partial charge in [0.15, 0.2) is 0 Å². The van der Waals surface area contributed by atoms with Crippen molar-refractivity contribution in [3.63, 3.8) is 0 Å². The Kier molecular flexibility index (Phi) is 9.25. The number of ether oxygens (including phenoxy) is 1. The highest BCUT2D eigenvalue weighted by molar-refractivity contribution is 6.09. The standard InChI is InChI=1S/C55H49N5O/c1-54(2,3)39-26-29-57-52(32-39)60-48-23-14-13-22-44(48)45-25-24-43(34-50(45)60)61-42-21-15-20-41(33-42)58-36-59(51-35-56-28-27-49(51)58)53-46(37-16-9-7-10-17-37)30-40(55(4,5)6)31-47(53)38-18-11-8-12-19-38/h7-35H,36H2,1-6H3. The topological polar surface area (TPSA) is 46.4 Å². The van der Waals surface area contributed by atoms with Gasteiger partial charge < -0.3 is 14.5 Å². The van der Waals surface area contributed by atoms with E-state index in [1.807, 2.05) is 24.7 Å². The van der Waals surface area contributed by atoms with Crippen LogP contribution in [0.2, 0.25) is 0 Å². The van der Waals surface area contributed by atoms with Gasteiger partial charge in [0.05, 0.1) is 34.3 Å². The van der Waals surface area contributed by atoms with Crippen LogP contribution in [0, 0.1) is 0 Å². The monoisotopic (exact) mass is 795 g/mol. The Hall–Kier alpha value is -7.18. The molecule has 0 radical (unpaired) electrons. The van der Waals surface area contributed by atoms with E-state index in [-0.39, 0.29) is 10.8 Å². The number of fused-ring (bicyclic) bond motifs is 4. The van der Waals surface area contributed by atoms with Crippen LogP contribution in [-0.4, -0.2) is 21.2 Å². The molecular weight excluding hydrogens is 747 g/mol. The Morgan fingerprint density at radius 3 is 1.87 bits per heavy atom. The summed E-state index contributed by atoms with van der Waals surface area (Å²) in [5.74, 6) is 2.40. The third-order valence-corrected chi connectivity index (χ3v) is 11.9. The first kappa shape index (κ1) is 38.0. The fraction of sp³-hybridized carbons (Fsp3) is 0.164. The van der Waals surface area contributed by atoms with Gasteiger partial charge in [-0.25, -0.2) is 4.98 Å². The second-order valence-electron chi connectivity index (χ2n) is 18.0. The molecule has 10 rings (SSSR count). The van der Waals surface area contributed by atoms with Crippen molar-refractivity contribution >= 4 is 44.6 Å². The van der Waals surface area contributed by atoms with Crippen molar-refractivity contribution in [3.8, 4) is 39.6 Å². The maximum atomic E-state index is 6.76. The van der Waals surface area contributed by atoms with Gasteiger partial charge in [-0.05, 0) is 93.7 Å². The summed E-state index contributed by atoms with van der Waals surface area (Å²) in [6.07, 6.45) is 5.80. The van der Waals surface area contributed by atoms with Crippen LogP contribution >= 0.6 is 0 Å². The van der Waals surface area contributed by atoms with Gasteiger partial charge in [-0.15, -0.1) is 0 Å². The van der Waals surface area contributed by atoms with Crippen LogP contribution in [0.4, 0.5) is 22.7 Å². The number of hydrogen-bond donors (Lipinski definition) is 0. The van der Waals surface area contributed by atoms with Crippen molar-refractivity contribution in [2.45, 2.75) is 52.4 Å².